The molecule has 2 aromatic rings. The van der Waals surface area contributed by atoms with Gasteiger partial charge in [-0.15, -0.1) is 6.58 Å². The van der Waals surface area contributed by atoms with E-state index >= 15 is 0 Å². The number of carbonyl (C=O) groups is 2. The van der Waals surface area contributed by atoms with E-state index in [9.17, 15) is 14.7 Å². The van der Waals surface area contributed by atoms with Crippen LogP contribution in [-0.4, -0.2) is 23.5 Å². The first-order chi connectivity index (χ1) is 12.0. The number of para-hydroxylation sites is 1. The molecule has 0 fully saturated rings. The Morgan fingerprint density at radius 2 is 2.08 bits per heavy atom. The van der Waals surface area contributed by atoms with Gasteiger partial charge in [0.1, 0.15) is 11.8 Å². The van der Waals surface area contributed by atoms with Crippen LogP contribution in [0.1, 0.15) is 22.0 Å². The summed E-state index contributed by atoms with van der Waals surface area (Å²) < 4.78 is 0.662. The predicted molar refractivity (Wildman–Crippen MR) is 98.1 cm³/mol. The van der Waals surface area contributed by atoms with Crippen molar-refractivity contribution in [3.8, 4) is 5.75 Å². The summed E-state index contributed by atoms with van der Waals surface area (Å²) in [4.78, 5) is 26.5. The van der Waals surface area contributed by atoms with Gasteiger partial charge in [0.05, 0.1) is 5.56 Å². The maximum Gasteiger partial charge on any atom is 0.269 e. The minimum atomic E-state index is -0.700. The second-order valence-corrected chi connectivity index (χ2v) is 6.40. The van der Waals surface area contributed by atoms with Crippen LogP contribution < -0.4 is 15.8 Å². The molecule has 25 heavy (non-hydrogen) atoms. The third kappa shape index (κ3) is 3.29. The molecule has 0 aromatic heterocycles. The van der Waals surface area contributed by atoms with Crippen LogP contribution in [0.3, 0.4) is 0 Å². The molecule has 0 spiro atoms. The highest BCUT2D eigenvalue weighted by Gasteiger charge is 2.36. The summed E-state index contributed by atoms with van der Waals surface area (Å²) in [6, 6.07) is 11.2. The monoisotopic (exact) mass is 401 g/mol. The summed E-state index contributed by atoms with van der Waals surface area (Å²) in [5, 5.41) is 9.82. The fourth-order valence-corrected chi connectivity index (χ4v) is 3.10. The normalized spacial score (nSPS) is 15.8. The standard InChI is InChI=1S/C18H16BrN3O3/c1-2-9-22-14-6-4-3-5-12(14)16(18(22)25)20-21-17(24)13-10-11(19)7-8-15(13)23/h2-8,10,16,20,23H,1,9H2,(H,21,24). The van der Waals surface area contributed by atoms with E-state index in [4.69, 9.17) is 0 Å². The van der Waals surface area contributed by atoms with Crippen molar-refractivity contribution in [2.45, 2.75) is 6.04 Å². The molecule has 0 bridgehead atoms. The summed E-state index contributed by atoms with van der Waals surface area (Å²) in [5.74, 6) is -0.861. The van der Waals surface area contributed by atoms with Gasteiger partial charge in [-0.05, 0) is 24.3 Å². The highest BCUT2D eigenvalue weighted by molar-refractivity contribution is 9.10. The zero-order valence-electron chi connectivity index (χ0n) is 13.2. The molecule has 0 aliphatic carbocycles. The Hall–Kier alpha value is -2.64. The number of phenolic OH excluding ortho intramolecular Hbond substituents is 1. The quantitative estimate of drug-likeness (QED) is 0.531. The third-order valence-corrected chi connectivity index (χ3v) is 4.39. The van der Waals surface area contributed by atoms with Crippen LogP contribution in [0.15, 0.2) is 59.6 Å². The summed E-state index contributed by atoms with van der Waals surface area (Å²) in [5.41, 5.74) is 6.92. The van der Waals surface area contributed by atoms with Gasteiger partial charge in [0, 0.05) is 22.3 Å². The number of phenols is 1. The van der Waals surface area contributed by atoms with E-state index in [2.05, 4.69) is 33.4 Å². The second kappa shape index (κ2) is 7.08. The molecule has 2 amide bonds. The number of hydrazine groups is 1. The van der Waals surface area contributed by atoms with Crippen LogP contribution in [0, 0.1) is 0 Å². The number of fused-ring (bicyclic) bond motifs is 1. The van der Waals surface area contributed by atoms with E-state index in [0.29, 0.717) is 11.0 Å². The zero-order valence-corrected chi connectivity index (χ0v) is 14.8. The molecule has 1 aliphatic rings. The molecule has 1 aliphatic heterocycles. The van der Waals surface area contributed by atoms with Crippen LogP contribution in [0.5, 0.6) is 5.75 Å². The lowest BCUT2D eigenvalue weighted by Crippen LogP contribution is -2.44. The first-order valence-corrected chi connectivity index (χ1v) is 8.38. The topological polar surface area (TPSA) is 81.7 Å². The first kappa shape index (κ1) is 17.2. The molecule has 3 rings (SSSR count). The Morgan fingerprint density at radius 3 is 2.84 bits per heavy atom. The van der Waals surface area contributed by atoms with Crippen LogP contribution in [0.4, 0.5) is 5.69 Å². The van der Waals surface area contributed by atoms with E-state index < -0.39 is 11.9 Å². The SMILES string of the molecule is C=CCN1C(=O)C(NNC(=O)c2cc(Br)ccc2O)c2ccccc21. The Morgan fingerprint density at radius 1 is 1.32 bits per heavy atom. The van der Waals surface area contributed by atoms with E-state index in [1.807, 2.05) is 24.3 Å². The average molecular weight is 402 g/mol. The van der Waals surface area contributed by atoms with Gasteiger partial charge in [-0.2, -0.15) is 0 Å². The lowest BCUT2D eigenvalue weighted by atomic mass is 10.1. The van der Waals surface area contributed by atoms with Gasteiger partial charge >= 0.3 is 0 Å². The number of rotatable bonds is 5. The maximum atomic E-state index is 12.6. The number of nitrogens with one attached hydrogen (secondary N) is 2. The second-order valence-electron chi connectivity index (χ2n) is 5.49. The highest BCUT2D eigenvalue weighted by Crippen LogP contribution is 2.35. The van der Waals surface area contributed by atoms with Crippen molar-refractivity contribution in [1.82, 2.24) is 10.9 Å². The highest BCUT2D eigenvalue weighted by atomic mass is 79.9. The van der Waals surface area contributed by atoms with Crippen LogP contribution in [-0.2, 0) is 4.79 Å². The molecule has 1 heterocycles. The number of amides is 2. The number of hydrogen-bond acceptors (Lipinski definition) is 4. The summed E-state index contributed by atoms with van der Waals surface area (Å²) in [7, 11) is 0. The molecule has 0 saturated carbocycles. The van der Waals surface area contributed by atoms with E-state index in [0.717, 1.165) is 11.3 Å². The van der Waals surface area contributed by atoms with E-state index in [1.54, 1.807) is 17.0 Å². The lowest BCUT2D eigenvalue weighted by molar-refractivity contribution is -0.120. The van der Waals surface area contributed by atoms with Crippen molar-refractivity contribution in [3.05, 3.63) is 70.7 Å². The molecule has 0 saturated heterocycles. The molecule has 1 atom stereocenters. The Labute approximate surface area is 153 Å². The van der Waals surface area contributed by atoms with Crippen LogP contribution in [0.25, 0.3) is 0 Å². The number of benzene rings is 2. The first-order valence-electron chi connectivity index (χ1n) is 7.58. The van der Waals surface area contributed by atoms with Crippen LogP contribution >= 0.6 is 15.9 Å². The zero-order chi connectivity index (χ0) is 18.0. The minimum Gasteiger partial charge on any atom is -0.507 e. The fraction of sp³-hybridized carbons (Fsp3) is 0.111. The van der Waals surface area contributed by atoms with Crippen molar-refractivity contribution >= 4 is 33.4 Å². The molecular weight excluding hydrogens is 386 g/mol. The van der Waals surface area contributed by atoms with E-state index in [1.165, 1.54) is 12.1 Å². The fourth-order valence-electron chi connectivity index (χ4n) is 2.74. The lowest BCUT2D eigenvalue weighted by Gasteiger charge is -2.16. The molecular formula is C18H16BrN3O3. The van der Waals surface area contributed by atoms with Gasteiger partial charge in [0.2, 0.25) is 0 Å². The molecule has 7 heteroatoms. The molecule has 0 radical (unpaired) electrons. The van der Waals surface area contributed by atoms with Gasteiger partial charge < -0.3 is 10.0 Å². The van der Waals surface area contributed by atoms with E-state index in [-0.39, 0.29) is 17.2 Å². The smallest absolute Gasteiger partial charge is 0.269 e. The number of anilines is 1. The molecule has 1 unspecified atom stereocenters. The van der Waals surface area contributed by atoms with Crippen molar-refractivity contribution in [2.75, 3.05) is 11.4 Å². The number of aromatic hydroxyl groups is 1. The Kier molecular flexibility index (Phi) is 4.87. The van der Waals surface area contributed by atoms with Crippen molar-refractivity contribution in [3.63, 3.8) is 0 Å². The predicted octanol–water partition coefficient (Wildman–Crippen LogP) is 2.66. The Bertz CT molecular complexity index is 853. The molecule has 3 N–H and O–H groups in total. The minimum absolute atomic E-state index is 0.101. The summed E-state index contributed by atoms with van der Waals surface area (Å²) >= 11 is 3.26. The van der Waals surface area contributed by atoms with Crippen LogP contribution in [0.2, 0.25) is 0 Å². The molecule has 128 valence electrons. The Balaban J connectivity index is 1.79. The number of hydrogen-bond donors (Lipinski definition) is 3. The number of carbonyl (C=O) groups excluding carboxylic acids is 2. The molecule has 2 aromatic carbocycles. The van der Waals surface area contributed by atoms with Gasteiger partial charge in [0.25, 0.3) is 11.8 Å². The van der Waals surface area contributed by atoms with Gasteiger partial charge in [0.15, 0.2) is 0 Å². The number of halogens is 1. The van der Waals surface area contributed by atoms with Crippen molar-refractivity contribution in [1.29, 1.82) is 0 Å². The van der Waals surface area contributed by atoms with Crippen molar-refractivity contribution in [2.24, 2.45) is 0 Å². The van der Waals surface area contributed by atoms with Crippen molar-refractivity contribution < 1.29 is 14.7 Å². The van der Waals surface area contributed by atoms with Gasteiger partial charge in [-0.1, -0.05) is 40.2 Å². The number of nitrogens with zero attached hydrogens (tertiary/aromatic N) is 1. The average Bonchev–Trinajstić information content (AvgIpc) is 2.87. The summed E-state index contributed by atoms with van der Waals surface area (Å²) in [6.45, 7) is 4.06. The van der Waals surface area contributed by atoms with Gasteiger partial charge in [-0.25, -0.2) is 5.43 Å². The maximum absolute atomic E-state index is 12.6. The third-order valence-electron chi connectivity index (χ3n) is 3.90. The van der Waals surface area contributed by atoms with Gasteiger partial charge in [-0.3, -0.25) is 15.0 Å². The molecule has 6 nitrogen and oxygen atoms in total. The summed E-state index contributed by atoms with van der Waals surface area (Å²) in [6.07, 6.45) is 1.65. The largest absolute Gasteiger partial charge is 0.507 e.